The Hall–Kier alpha value is -1.89. The van der Waals surface area contributed by atoms with Crippen molar-refractivity contribution in [2.24, 2.45) is 0 Å². The molecule has 1 fully saturated rings. The number of ether oxygens (including phenoxy) is 1. The van der Waals surface area contributed by atoms with Gasteiger partial charge in [0, 0.05) is 12.3 Å². The van der Waals surface area contributed by atoms with Gasteiger partial charge in [0.15, 0.2) is 15.9 Å². The smallest absolute Gasteiger partial charge is 0.340 e. The molecule has 126 valence electrons. The summed E-state index contributed by atoms with van der Waals surface area (Å²) in [6, 6.07) is 5.93. The van der Waals surface area contributed by atoms with Gasteiger partial charge in [-0.25, -0.2) is 13.2 Å². The molecule has 0 aromatic heterocycles. The summed E-state index contributed by atoms with van der Waals surface area (Å²) in [5.41, 5.74) is -0.0597. The van der Waals surface area contributed by atoms with E-state index in [2.05, 4.69) is 5.32 Å². The van der Waals surface area contributed by atoms with Crippen LogP contribution in [0.1, 0.15) is 43.0 Å². The van der Waals surface area contributed by atoms with E-state index in [1.165, 1.54) is 25.1 Å². The average molecular weight is 339 g/mol. The van der Waals surface area contributed by atoms with Crippen molar-refractivity contribution in [2.45, 2.75) is 49.6 Å². The SMILES string of the molecule is C[C@@H](OC(=O)c1ccccc1S(C)(=O)=O)C(=O)NC1CCCC1. The monoisotopic (exact) mass is 339 g/mol. The number of hydrogen-bond donors (Lipinski definition) is 1. The van der Waals surface area contributed by atoms with Crippen LogP contribution in [0.5, 0.6) is 0 Å². The maximum absolute atomic E-state index is 12.2. The molecule has 0 radical (unpaired) electrons. The topological polar surface area (TPSA) is 89.5 Å². The maximum atomic E-state index is 12.2. The third kappa shape index (κ3) is 4.54. The van der Waals surface area contributed by atoms with Gasteiger partial charge < -0.3 is 10.1 Å². The summed E-state index contributed by atoms with van der Waals surface area (Å²) in [6.45, 7) is 1.48. The van der Waals surface area contributed by atoms with Crippen LogP contribution in [0.15, 0.2) is 29.2 Å². The zero-order chi connectivity index (χ0) is 17.0. The molecule has 23 heavy (non-hydrogen) atoms. The van der Waals surface area contributed by atoms with Gasteiger partial charge in [-0.3, -0.25) is 4.79 Å². The molecule has 0 heterocycles. The van der Waals surface area contributed by atoms with E-state index in [1.54, 1.807) is 6.07 Å². The van der Waals surface area contributed by atoms with Crippen molar-refractivity contribution in [1.82, 2.24) is 5.32 Å². The molecule has 6 nitrogen and oxygen atoms in total. The Morgan fingerprint density at radius 3 is 2.43 bits per heavy atom. The molecular formula is C16H21NO5S. The standard InChI is InChI=1S/C16H21NO5S/c1-11(15(18)17-12-7-3-4-8-12)22-16(19)13-9-5-6-10-14(13)23(2,20)21/h5-6,9-12H,3-4,7-8H2,1-2H3,(H,17,18)/t11-/m1/s1. The largest absolute Gasteiger partial charge is 0.449 e. The van der Waals surface area contributed by atoms with Crippen LogP contribution in [-0.4, -0.2) is 38.7 Å². The van der Waals surface area contributed by atoms with E-state index in [1.807, 2.05) is 0 Å². The summed E-state index contributed by atoms with van der Waals surface area (Å²) < 4.78 is 28.6. The Bertz CT molecular complexity index is 692. The molecule has 1 aromatic carbocycles. The predicted molar refractivity (Wildman–Crippen MR) is 84.8 cm³/mol. The highest BCUT2D eigenvalue weighted by Crippen LogP contribution is 2.19. The fraction of sp³-hybridized carbons (Fsp3) is 0.500. The van der Waals surface area contributed by atoms with Gasteiger partial charge in [-0.1, -0.05) is 25.0 Å². The number of benzene rings is 1. The molecule has 2 rings (SSSR count). The van der Waals surface area contributed by atoms with Crippen molar-refractivity contribution < 1.29 is 22.7 Å². The molecule has 0 unspecified atom stereocenters. The highest BCUT2D eigenvalue weighted by molar-refractivity contribution is 7.90. The average Bonchev–Trinajstić information content (AvgIpc) is 2.99. The van der Waals surface area contributed by atoms with Gasteiger partial charge in [-0.05, 0) is 31.9 Å². The first-order valence-electron chi connectivity index (χ1n) is 7.59. The Morgan fingerprint density at radius 2 is 1.83 bits per heavy atom. The molecule has 1 atom stereocenters. The van der Waals surface area contributed by atoms with Crippen LogP contribution in [0.4, 0.5) is 0 Å². The minimum Gasteiger partial charge on any atom is -0.449 e. The second kappa shape index (κ2) is 7.12. The van der Waals surface area contributed by atoms with Gasteiger partial charge >= 0.3 is 5.97 Å². The minimum atomic E-state index is -3.55. The van der Waals surface area contributed by atoms with Crippen molar-refractivity contribution >= 4 is 21.7 Å². The van der Waals surface area contributed by atoms with Gasteiger partial charge in [-0.15, -0.1) is 0 Å². The van der Waals surface area contributed by atoms with Crippen LogP contribution < -0.4 is 5.32 Å². The third-order valence-corrected chi connectivity index (χ3v) is 5.02. The first-order chi connectivity index (χ1) is 10.8. The zero-order valence-corrected chi connectivity index (χ0v) is 14.1. The van der Waals surface area contributed by atoms with Crippen LogP contribution in [0, 0.1) is 0 Å². The van der Waals surface area contributed by atoms with E-state index in [0.29, 0.717) is 0 Å². The maximum Gasteiger partial charge on any atom is 0.340 e. The van der Waals surface area contributed by atoms with E-state index in [4.69, 9.17) is 4.74 Å². The molecule has 0 spiro atoms. The van der Waals surface area contributed by atoms with E-state index < -0.39 is 21.9 Å². The van der Waals surface area contributed by atoms with E-state index >= 15 is 0 Å². The van der Waals surface area contributed by atoms with Gasteiger partial charge in [0.2, 0.25) is 0 Å². The second-order valence-corrected chi connectivity index (χ2v) is 7.79. The lowest BCUT2D eigenvalue weighted by Gasteiger charge is -2.17. The Labute approximate surface area is 136 Å². The Balaban J connectivity index is 2.05. The lowest BCUT2D eigenvalue weighted by molar-refractivity contribution is -0.129. The molecule has 1 aliphatic rings. The molecular weight excluding hydrogens is 318 g/mol. The van der Waals surface area contributed by atoms with Crippen molar-refractivity contribution in [2.75, 3.05) is 6.26 Å². The quantitative estimate of drug-likeness (QED) is 0.825. The van der Waals surface area contributed by atoms with E-state index in [0.717, 1.165) is 31.9 Å². The third-order valence-electron chi connectivity index (χ3n) is 3.86. The number of sulfone groups is 1. The van der Waals surface area contributed by atoms with Crippen molar-refractivity contribution in [3.8, 4) is 0 Å². The van der Waals surface area contributed by atoms with Gasteiger partial charge in [-0.2, -0.15) is 0 Å². The molecule has 0 saturated heterocycles. The Kier molecular flexibility index (Phi) is 5.41. The predicted octanol–water partition coefficient (Wildman–Crippen LogP) is 1.69. The first kappa shape index (κ1) is 17.5. The van der Waals surface area contributed by atoms with Gasteiger partial charge in [0.25, 0.3) is 5.91 Å². The normalized spacial score (nSPS) is 16.8. The lowest BCUT2D eigenvalue weighted by Crippen LogP contribution is -2.41. The highest BCUT2D eigenvalue weighted by Gasteiger charge is 2.25. The van der Waals surface area contributed by atoms with Crippen LogP contribution in [0.25, 0.3) is 0 Å². The summed E-state index contributed by atoms with van der Waals surface area (Å²) in [4.78, 5) is 24.1. The molecule has 1 saturated carbocycles. The van der Waals surface area contributed by atoms with Crippen LogP contribution in [0.3, 0.4) is 0 Å². The molecule has 1 aromatic rings. The van der Waals surface area contributed by atoms with E-state index in [9.17, 15) is 18.0 Å². The van der Waals surface area contributed by atoms with Crippen LogP contribution >= 0.6 is 0 Å². The summed E-state index contributed by atoms with van der Waals surface area (Å²) in [5.74, 6) is -1.18. The van der Waals surface area contributed by atoms with Crippen LogP contribution in [0.2, 0.25) is 0 Å². The summed E-state index contributed by atoms with van der Waals surface area (Å²) in [7, 11) is -3.55. The number of esters is 1. The molecule has 0 aliphatic heterocycles. The molecule has 7 heteroatoms. The number of carbonyl (C=O) groups is 2. The lowest BCUT2D eigenvalue weighted by atomic mass is 10.2. The van der Waals surface area contributed by atoms with Gasteiger partial charge in [0.05, 0.1) is 10.5 Å². The number of amides is 1. The zero-order valence-electron chi connectivity index (χ0n) is 13.2. The van der Waals surface area contributed by atoms with E-state index in [-0.39, 0.29) is 22.4 Å². The molecule has 1 amide bonds. The van der Waals surface area contributed by atoms with Gasteiger partial charge in [0.1, 0.15) is 0 Å². The highest BCUT2D eigenvalue weighted by atomic mass is 32.2. The van der Waals surface area contributed by atoms with Crippen LogP contribution in [-0.2, 0) is 19.4 Å². The van der Waals surface area contributed by atoms with Crippen molar-refractivity contribution in [3.05, 3.63) is 29.8 Å². The summed E-state index contributed by atoms with van der Waals surface area (Å²) in [5, 5.41) is 2.85. The number of carbonyl (C=O) groups excluding carboxylic acids is 2. The van der Waals surface area contributed by atoms with Crippen molar-refractivity contribution in [1.29, 1.82) is 0 Å². The Morgan fingerprint density at radius 1 is 1.22 bits per heavy atom. The number of hydrogen-bond acceptors (Lipinski definition) is 5. The fourth-order valence-corrected chi connectivity index (χ4v) is 3.50. The number of rotatable bonds is 5. The number of nitrogens with one attached hydrogen (secondary N) is 1. The van der Waals surface area contributed by atoms with Crippen molar-refractivity contribution in [3.63, 3.8) is 0 Å². The summed E-state index contributed by atoms with van der Waals surface area (Å²) >= 11 is 0. The minimum absolute atomic E-state index is 0.0597. The molecule has 1 N–H and O–H groups in total. The fourth-order valence-electron chi connectivity index (χ4n) is 2.62. The first-order valence-corrected chi connectivity index (χ1v) is 9.48. The molecule has 0 bridgehead atoms. The second-order valence-electron chi connectivity index (χ2n) is 5.81. The molecule has 1 aliphatic carbocycles. The summed E-state index contributed by atoms with van der Waals surface area (Å²) in [6.07, 6.45) is 4.08.